The van der Waals surface area contributed by atoms with Crippen LogP contribution in [0.2, 0.25) is 0 Å². The highest BCUT2D eigenvalue weighted by Crippen LogP contribution is 2.05. The number of hydrogen-bond donors (Lipinski definition) is 1. The summed E-state index contributed by atoms with van der Waals surface area (Å²) in [7, 11) is 0. The molecule has 0 radical (unpaired) electrons. The number of nitrogens with one attached hydrogen (secondary N) is 1. The van der Waals surface area contributed by atoms with Gasteiger partial charge in [0.25, 0.3) is 0 Å². The second-order valence-corrected chi connectivity index (χ2v) is 6.20. The van der Waals surface area contributed by atoms with E-state index in [1.807, 2.05) is 25.1 Å². The number of carbonyl (C=O) groups excluding carboxylic acids is 2. The first kappa shape index (κ1) is 18.2. The third-order valence-electron chi connectivity index (χ3n) is 3.60. The van der Waals surface area contributed by atoms with E-state index in [-0.39, 0.29) is 11.8 Å². The molecular formula is C18H28N2O2. The first-order chi connectivity index (χ1) is 10.4. The Morgan fingerprint density at radius 2 is 1.95 bits per heavy atom. The summed E-state index contributed by atoms with van der Waals surface area (Å²) in [5, 5.41) is 2.91. The quantitative estimate of drug-likeness (QED) is 0.803. The highest BCUT2D eigenvalue weighted by atomic mass is 16.2. The molecule has 0 aromatic heterocycles. The van der Waals surface area contributed by atoms with Crippen LogP contribution in [0.4, 0.5) is 0 Å². The fraction of sp³-hybridized carbons (Fsp3) is 0.556. The molecule has 1 rings (SSSR count). The summed E-state index contributed by atoms with van der Waals surface area (Å²) in [6, 6.07) is 8.08. The van der Waals surface area contributed by atoms with Gasteiger partial charge >= 0.3 is 0 Å². The molecule has 0 unspecified atom stereocenters. The van der Waals surface area contributed by atoms with Gasteiger partial charge in [0.2, 0.25) is 11.8 Å². The number of hydrogen-bond acceptors (Lipinski definition) is 2. The van der Waals surface area contributed by atoms with E-state index in [1.54, 1.807) is 11.8 Å². The second-order valence-electron chi connectivity index (χ2n) is 6.20. The molecule has 0 saturated heterocycles. The van der Waals surface area contributed by atoms with Crippen LogP contribution < -0.4 is 5.32 Å². The highest BCUT2D eigenvalue weighted by molar-refractivity contribution is 5.78. The maximum absolute atomic E-state index is 11.9. The van der Waals surface area contributed by atoms with Crippen LogP contribution in [0.1, 0.15) is 44.7 Å². The highest BCUT2D eigenvalue weighted by Gasteiger charge is 2.11. The average Bonchev–Trinajstić information content (AvgIpc) is 2.44. The molecule has 4 nitrogen and oxygen atoms in total. The van der Waals surface area contributed by atoms with Crippen LogP contribution >= 0.6 is 0 Å². The number of benzene rings is 1. The van der Waals surface area contributed by atoms with Gasteiger partial charge in [-0.25, -0.2) is 0 Å². The van der Waals surface area contributed by atoms with Crippen molar-refractivity contribution < 1.29 is 9.59 Å². The van der Waals surface area contributed by atoms with Gasteiger partial charge in [-0.05, 0) is 24.8 Å². The zero-order valence-electron chi connectivity index (χ0n) is 14.2. The van der Waals surface area contributed by atoms with Crippen molar-refractivity contribution in [2.75, 3.05) is 13.1 Å². The van der Waals surface area contributed by atoms with Crippen LogP contribution in [0.5, 0.6) is 0 Å². The zero-order chi connectivity index (χ0) is 16.5. The maximum atomic E-state index is 11.9. The van der Waals surface area contributed by atoms with E-state index >= 15 is 0 Å². The summed E-state index contributed by atoms with van der Waals surface area (Å²) >= 11 is 0. The molecule has 22 heavy (non-hydrogen) atoms. The zero-order valence-corrected chi connectivity index (χ0v) is 14.2. The molecule has 122 valence electrons. The fourth-order valence-corrected chi connectivity index (χ4v) is 2.19. The molecule has 1 N–H and O–H groups in total. The Balaban J connectivity index is 2.35. The second kappa shape index (κ2) is 9.23. The van der Waals surface area contributed by atoms with E-state index in [4.69, 9.17) is 0 Å². The van der Waals surface area contributed by atoms with Crippen molar-refractivity contribution in [1.82, 2.24) is 10.2 Å². The third-order valence-corrected chi connectivity index (χ3v) is 3.60. The topological polar surface area (TPSA) is 49.4 Å². The molecule has 0 aliphatic heterocycles. The summed E-state index contributed by atoms with van der Waals surface area (Å²) < 4.78 is 0. The summed E-state index contributed by atoms with van der Waals surface area (Å²) in [5.74, 6) is 0.571. The van der Waals surface area contributed by atoms with Crippen LogP contribution in [0.25, 0.3) is 0 Å². The van der Waals surface area contributed by atoms with Crippen molar-refractivity contribution in [2.45, 2.75) is 47.1 Å². The normalized spacial score (nSPS) is 10.6. The minimum atomic E-state index is -0.0164. The SMILES string of the molecule is CC(=O)N(CCC(=O)NCc1cccc(C)c1)CCC(C)C. The van der Waals surface area contributed by atoms with Crippen molar-refractivity contribution in [2.24, 2.45) is 5.92 Å². The number of nitrogens with zero attached hydrogens (tertiary/aromatic N) is 1. The number of rotatable bonds is 8. The van der Waals surface area contributed by atoms with Gasteiger partial charge in [-0.1, -0.05) is 43.7 Å². The van der Waals surface area contributed by atoms with E-state index in [0.29, 0.717) is 25.4 Å². The Morgan fingerprint density at radius 3 is 2.55 bits per heavy atom. The molecule has 2 amide bonds. The molecule has 4 heteroatoms. The summed E-state index contributed by atoms with van der Waals surface area (Å²) in [6.45, 7) is 9.60. The molecule has 1 aromatic rings. The van der Waals surface area contributed by atoms with Gasteiger partial charge in [0.15, 0.2) is 0 Å². The Kier molecular flexibility index (Phi) is 7.64. The van der Waals surface area contributed by atoms with Crippen molar-refractivity contribution in [3.8, 4) is 0 Å². The largest absolute Gasteiger partial charge is 0.352 e. The lowest BCUT2D eigenvalue weighted by molar-refractivity contribution is -0.129. The molecule has 0 heterocycles. The van der Waals surface area contributed by atoms with Crippen molar-refractivity contribution in [1.29, 1.82) is 0 Å². The van der Waals surface area contributed by atoms with E-state index < -0.39 is 0 Å². The van der Waals surface area contributed by atoms with Gasteiger partial charge < -0.3 is 10.2 Å². The van der Waals surface area contributed by atoms with Gasteiger partial charge in [-0.3, -0.25) is 9.59 Å². The van der Waals surface area contributed by atoms with Crippen molar-refractivity contribution >= 4 is 11.8 Å². The lowest BCUT2D eigenvalue weighted by Crippen LogP contribution is -2.34. The first-order valence-electron chi connectivity index (χ1n) is 7.96. The Labute approximate surface area is 133 Å². The lowest BCUT2D eigenvalue weighted by Gasteiger charge is -2.21. The predicted octanol–water partition coefficient (Wildman–Crippen LogP) is 2.90. The first-order valence-corrected chi connectivity index (χ1v) is 7.96. The van der Waals surface area contributed by atoms with Gasteiger partial charge in [0, 0.05) is 33.0 Å². The van der Waals surface area contributed by atoms with Gasteiger partial charge in [0.1, 0.15) is 0 Å². The Bertz CT molecular complexity index is 498. The smallest absolute Gasteiger partial charge is 0.222 e. The molecular weight excluding hydrogens is 276 g/mol. The van der Waals surface area contributed by atoms with Gasteiger partial charge in [-0.15, -0.1) is 0 Å². The number of aryl methyl sites for hydroxylation is 1. The minimum Gasteiger partial charge on any atom is -0.352 e. The minimum absolute atomic E-state index is 0.0164. The summed E-state index contributed by atoms with van der Waals surface area (Å²) in [6.07, 6.45) is 1.31. The predicted molar refractivity (Wildman–Crippen MR) is 89.4 cm³/mol. The standard InChI is InChI=1S/C18H28N2O2/c1-14(2)8-10-20(16(4)21)11-9-18(22)19-13-17-7-5-6-15(3)12-17/h5-7,12,14H,8-11,13H2,1-4H3,(H,19,22). The molecule has 0 spiro atoms. The molecule has 1 aromatic carbocycles. The van der Waals surface area contributed by atoms with Crippen LogP contribution in [-0.2, 0) is 16.1 Å². The maximum Gasteiger partial charge on any atom is 0.222 e. The number of amides is 2. The molecule has 0 atom stereocenters. The van der Waals surface area contributed by atoms with Gasteiger partial charge in [0.05, 0.1) is 0 Å². The molecule has 0 fully saturated rings. The third kappa shape index (κ3) is 7.25. The van der Waals surface area contributed by atoms with E-state index in [0.717, 1.165) is 18.5 Å². The van der Waals surface area contributed by atoms with Crippen LogP contribution in [0.15, 0.2) is 24.3 Å². The summed E-state index contributed by atoms with van der Waals surface area (Å²) in [5.41, 5.74) is 2.28. The lowest BCUT2D eigenvalue weighted by atomic mass is 10.1. The Morgan fingerprint density at radius 1 is 1.23 bits per heavy atom. The summed E-state index contributed by atoms with van der Waals surface area (Å²) in [4.78, 5) is 25.3. The van der Waals surface area contributed by atoms with Gasteiger partial charge in [-0.2, -0.15) is 0 Å². The molecule has 0 aliphatic carbocycles. The Hall–Kier alpha value is -1.84. The van der Waals surface area contributed by atoms with E-state index in [1.165, 1.54) is 5.56 Å². The monoisotopic (exact) mass is 304 g/mol. The van der Waals surface area contributed by atoms with E-state index in [2.05, 4.69) is 25.2 Å². The van der Waals surface area contributed by atoms with Crippen molar-refractivity contribution in [3.63, 3.8) is 0 Å². The van der Waals surface area contributed by atoms with E-state index in [9.17, 15) is 9.59 Å². The van der Waals surface area contributed by atoms with Crippen LogP contribution in [-0.4, -0.2) is 29.8 Å². The number of carbonyl (C=O) groups is 2. The fourth-order valence-electron chi connectivity index (χ4n) is 2.19. The van der Waals surface area contributed by atoms with Crippen LogP contribution in [0.3, 0.4) is 0 Å². The molecule has 0 aliphatic rings. The molecule has 0 bridgehead atoms. The average molecular weight is 304 g/mol. The van der Waals surface area contributed by atoms with Crippen molar-refractivity contribution in [3.05, 3.63) is 35.4 Å². The molecule has 0 saturated carbocycles. The van der Waals surface area contributed by atoms with Crippen LogP contribution in [0, 0.1) is 12.8 Å².